The first kappa shape index (κ1) is 11.4. The van der Waals surface area contributed by atoms with E-state index in [1.54, 1.807) is 17.5 Å². The summed E-state index contributed by atoms with van der Waals surface area (Å²) in [6.45, 7) is 0.879. The van der Waals surface area contributed by atoms with Gasteiger partial charge in [0.05, 0.1) is 15.7 Å². The zero-order valence-corrected chi connectivity index (χ0v) is 11.0. The quantitative estimate of drug-likeness (QED) is 0.911. The molecule has 0 amide bonds. The molecule has 0 aliphatic heterocycles. The number of halogens is 1. The van der Waals surface area contributed by atoms with Crippen LogP contribution in [-0.2, 0) is 6.42 Å². The van der Waals surface area contributed by atoms with E-state index in [-0.39, 0.29) is 0 Å². The molecule has 2 aromatic heterocycles. The minimum Gasteiger partial charge on any atom is -0.397 e. The molecule has 0 aliphatic carbocycles. The van der Waals surface area contributed by atoms with Crippen molar-refractivity contribution < 1.29 is 0 Å². The fourth-order valence-electron chi connectivity index (χ4n) is 1.31. The van der Waals surface area contributed by atoms with E-state index in [2.05, 4.69) is 38.4 Å². The highest BCUT2D eigenvalue weighted by molar-refractivity contribution is 9.11. The molecule has 0 atom stereocenters. The molecule has 0 saturated carbocycles. The first-order valence-electron chi connectivity index (χ1n) is 4.93. The Hall–Kier alpha value is -1.07. The molecular weight excluding hydrogens is 286 g/mol. The third-order valence-electron chi connectivity index (χ3n) is 2.09. The molecule has 0 saturated heterocycles. The standard InChI is InChI=1S/C11H12BrN3S/c12-10-3-2-9(16-10)5-6-14-11-4-1-8(13)7-15-11/h1-4,7H,5-6,13H2,(H,14,15). The van der Waals surface area contributed by atoms with E-state index in [0.717, 1.165) is 18.8 Å². The number of hydrogen-bond acceptors (Lipinski definition) is 4. The molecule has 2 heterocycles. The summed E-state index contributed by atoms with van der Waals surface area (Å²) in [5, 5.41) is 3.25. The lowest BCUT2D eigenvalue weighted by atomic mass is 10.3. The maximum absolute atomic E-state index is 5.56. The molecule has 0 aromatic carbocycles. The number of aromatic nitrogens is 1. The Morgan fingerprint density at radius 2 is 2.19 bits per heavy atom. The van der Waals surface area contributed by atoms with Gasteiger partial charge in [0.25, 0.3) is 0 Å². The number of nitrogens with one attached hydrogen (secondary N) is 1. The Morgan fingerprint density at radius 3 is 2.81 bits per heavy atom. The van der Waals surface area contributed by atoms with E-state index in [0.29, 0.717) is 5.69 Å². The van der Waals surface area contributed by atoms with Crippen LogP contribution in [0.3, 0.4) is 0 Å². The molecule has 0 unspecified atom stereocenters. The number of nitrogens with zero attached hydrogens (tertiary/aromatic N) is 1. The van der Waals surface area contributed by atoms with Crippen LogP contribution in [0.1, 0.15) is 4.88 Å². The Bertz CT molecular complexity index is 453. The lowest BCUT2D eigenvalue weighted by molar-refractivity contribution is 1.03. The molecule has 0 bridgehead atoms. The first-order chi connectivity index (χ1) is 7.74. The number of anilines is 2. The number of thiophene rings is 1. The molecule has 16 heavy (non-hydrogen) atoms. The molecule has 84 valence electrons. The van der Waals surface area contributed by atoms with E-state index >= 15 is 0 Å². The average Bonchev–Trinajstić information content (AvgIpc) is 2.67. The van der Waals surface area contributed by atoms with Crippen LogP contribution in [0, 0.1) is 0 Å². The van der Waals surface area contributed by atoms with Crippen molar-refractivity contribution in [1.29, 1.82) is 0 Å². The summed E-state index contributed by atoms with van der Waals surface area (Å²) < 4.78 is 1.17. The van der Waals surface area contributed by atoms with Gasteiger partial charge in [-0.15, -0.1) is 11.3 Å². The van der Waals surface area contributed by atoms with Gasteiger partial charge in [-0.3, -0.25) is 0 Å². The van der Waals surface area contributed by atoms with Crippen LogP contribution in [0.25, 0.3) is 0 Å². The fraction of sp³-hybridized carbons (Fsp3) is 0.182. The minimum absolute atomic E-state index is 0.688. The largest absolute Gasteiger partial charge is 0.397 e. The number of pyridine rings is 1. The van der Waals surface area contributed by atoms with Gasteiger partial charge in [-0.25, -0.2) is 4.98 Å². The number of nitrogens with two attached hydrogens (primary N) is 1. The van der Waals surface area contributed by atoms with E-state index in [4.69, 9.17) is 5.73 Å². The van der Waals surface area contributed by atoms with E-state index in [9.17, 15) is 0 Å². The van der Waals surface area contributed by atoms with Crippen LogP contribution in [0.4, 0.5) is 11.5 Å². The Kier molecular flexibility index (Phi) is 3.79. The Labute approximate surface area is 107 Å². The maximum Gasteiger partial charge on any atom is 0.126 e. The first-order valence-corrected chi connectivity index (χ1v) is 6.54. The van der Waals surface area contributed by atoms with Gasteiger partial charge in [0.15, 0.2) is 0 Å². The number of hydrogen-bond donors (Lipinski definition) is 2. The minimum atomic E-state index is 0.688. The molecule has 3 N–H and O–H groups in total. The summed E-state index contributed by atoms with van der Waals surface area (Å²) in [5.74, 6) is 0.866. The van der Waals surface area contributed by atoms with Gasteiger partial charge >= 0.3 is 0 Å². The van der Waals surface area contributed by atoms with Crippen molar-refractivity contribution in [2.75, 3.05) is 17.6 Å². The average molecular weight is 298 g/mol. The van der Waals surface area contributed by atoms with Gasteiger partial charge in [-0.05, 0) is 46.6 Å². The van der Waals surface area contributed by atoms with Crippen molar-refractivity contribution in [3.05, 3.63) is 39.1 Å². The predicted molar refractivity (Wildman–Crippen MR) is 72.9 cm³/mol. The van der Waals surface area contributed by atoms with Crippen molar-refractivity contribution in [3.8, 4) is 0 Å². The molecule has 0 fully saturated rings. The molecule has 0 radical (unpaired) electrons. The third kappa shape index (κ3) is 3.21. The van der Waals surface area contributed by atoms with Gasteiger partial charge in [0, 0.05) is 11.4 Å². The second-order valence-corrected chi connectivity index (χ2v) is 5.91. The zero-order valence-electron chi connectivity index (χ0n) is 8.61. The lowest BCUT2D eigenvalue weighted by Crippen LogP contribution is -2.05. The van der Waals surface area contributed by atoms with Gasteiger partial charge in [-0.2, -0.15) is 0 Å². The molecule has 5 heteroatoms. The smallest absolute Gasteiger partial charge is 0.126 e. The van der Waals surface area contributed by atoms with Gasteiger partial charge < -0.3 is 11.1 Å². The summed E-state index contributed by atoms with van der Waals surface area (Å²) >= 11 is 5.21. The van der Waals surface area contributed by atoms with Gasteiger partial charge in [-0.1, -0.05) is 0 Å². The maximum atomic E-state index is 5.56. The van der Waals surface area contributed by atoms with Crippen LogP contribution in [0.2, 0.25) is 0 Å². The Balaban J connectivity index is 1.82. The van der Waals surface area contributed by atoms with Crippen LogP contribution >= 0.6 is 27.3 Å². The van der Waals surface area contributed by atoms with Crippen molar-refractivity contribution in [2.45, 2.75) is 6.42 Å². The fourth-order valence-corrected chi connectivity index (χ4v) is 2.79. The number of rotatable bonds is 4. The van der Waals surface area contributed by atoms with Crippen molar-refractivity contribution in [1.82, 2.24) is 4.98 Å². The summed E-state index contributed by atoms with van der Waals surface area (Å²) in [6.07, 6.45) is 2.66. The number of nitrogen functional groups attached to an aromatic ring is 1. The molecule has 0 spiro atoms. The highest BCUT2D eigenvalue weighted by Crippen LogP contribution is 2.22. The summed E-state index contributed by atoms with van der Waals surface area (Å²) in [5.41, 5.74) is 6.24. The normalized spacial score (nSPS) is 10.3. The van der Waals surface area contributed by atoms with Gasteiger partial charge in [0.2, 0.25) is 0 Å². The molecule has 2 rings (SSSR count). The van der Waals surface area contributed by atoms with Crippen LogP contribution < -0.4 is 11.1 Å². The highest BCUT2D eigenvalue weighted by atomic mass is 79.9. The van der Waals surface area contributed by atoms with Crippen LogP contribution in [0.15, 0.2) is 34.2 Å². The van der Waals surface area contributed by atoms with Crippen LogP contribution in [0.5, 0.6) is 0 Å². The van der Waals surface area contributed by atoms with E-state index in [1.807, 2.05) is 12.1 Å². The van der Waals surface area contributed by atoms with Crippen molar-refractivity contribution in [3.63, 3.8) is 0 Å². The summed E-state index contributed by atoms with van der Waals surface area (Å²) in [6, 6.07) is 7.94. The Morgan fingerprint density at radius 1 is 1.31 bits per heavy atom. The topological polar surface area (TPSA) is 50.9 Å². The second-order valence-electron chi connectivity index (χ2n) is 3.36. The zero-order chi connectivity index (χ0) is 11.4. The van der Waals surface area contributed by atoms with Crippen molar-refractivity contribution in [2.24, 2.45) is 0 Å². The molecule has 2 aromatic rings. The van der Waals surface area contributed by atoms with Crippen LogP contribution in [-0.4, -0.2) is 11.5 Å². The van der Waals surface area contributed by atoms with E-state index < -0.39 is 0 Å². The summed E-state index contributed by atoms with van der Waals surface area (Å²) in [7, 11) is 0. The molecule has 0 aliphatic rings. The lowest BCUT2D eigenvalue weighted by Gasteiger charge is -2.04. The molecule has 3 nitrogen and oxygen atoms in total. The second kappa shape index (κ2) is 5.32. The molecular formula is C11H12BrN3S. The SMILES string of the molecule is Nc1ccc(NCCc2ccc(Br)s2)nc1. The van der Waals surface area contributed by atoms with Crippen molar-refractivity contribution >= 4 is 38.8 Å². The highest BCUT2D eigenvalue weighted by Gasteiger charge is 1.98. The predicted octanol–water partition coefficient (Wildman–Crippen LogP) is 3.14. The van der Waals surface area contributed by atoms with E-state index in [1.165, 1.54) is 8.66 Å². The monoisotopic (exact) mass is 297 g/mol. The van der Waals surface area contributed by atoms with Gasteiger partial charge in [0.1, 0.15) is 5.82 Å². The third-order valence-corrected chi connectivity index (χ3v) is 3.78. The summed E-state index contributed by atoms with van der Waals surface area (Å²) in [4.78, 5) is 5.53.